The van der Waals surface area contributed by atoms with Gasteiger partial charge in [0, 0.05) is 30.9 Å². The molecule has 4 nitrogen and oxygen atoms in total. The number of aromatic nitrogens is 2. The number of aryl methyl sites for hydroxylation is 2. The first-order valence-electron chi connectivity index (χ1n) is 9.13. The normalized spacial score (nSPS) is 26.9. The number of nitrogens with zero attached hydrogens (tertiary/aromatic N) is 3. The van der Waals surface area contributed by atoms with Crippen LogP contribution in [0.4, 0.5) is 0 Å². The Hall–Kier alpha value is -1.65. The lowest BCUT2D eigenvalue weighted by molar-refractivity contribution is 0.0683. The third-order valence-corrected chi connectivity index (χ3v) is 5.77. The van der Waals surface area contributed by atoms with Gasteiger partial charge in [0.15, 0.2) is 0 Å². The minimum absolute atomic E-state index is 0.355. The van der Waals surface area contributed by atoms with Crippen molar-refractivity contribution in [2.24, 2.45) is 5.92 Å². The molecule has 3 atom stereocenters. The van der Waals surface area contributed by atoms with Crippen LogP contribution in [0.3, 0.4) is 0 Å². The van der Waals surface area contributed by atoms with E-state index in [0.29, 0.717) is 24.6 Å². The average molecular weight is 325 g/mol. The van der Waals surface area contributed by atoms with E-state index < -0.39 is 0 Å². The third kappa shape index (κ3) is 2.89. The molecular formula is C20H27N3O. The van der Waals surface area contributed by atoms with Crippen LogP contribution in [0.2, 0.25) is 0 Å². The first kappa shape index (κ1) is 15.9. The molecule has 24 heavy (non-hydrogen) atoms. The maximum absolute atomic E-state index is 9.49. The highest BCUT2D eigenvalue weighted by Crippen LogP contribution is 2.39. The molecule has 0 amide bonds. The zero-order valence-corrected chi connectivity index (χ0v) is 14.7. The van der Waals surface area contributed by atoms with Gasteiger partial charge in [-0.3, -0.25) is 4.90 Å². The fourth-order valence-corrected chi connectivity index (χ4v) is 4.68. The fraction of sp³-hybridized carbons (Fsp3) is 0.550. The van der Waals surface area contributed by atoms with Crippen molar-refractivity contribution in [1.82, 2.24) is 14.7 Å². The van der Waals surface area contributed by atoms with Gasteiger partial charge in [-0.25, -0.2) is 4.68 Å². The van der Waals surface area contributed by atoms with E-state index in [1.807, 2.05) is 11.6 Å². The van der Waals surface area contributed by atoms with E-state index in [2.05, 4.69) is 47.3 Å². The van der Waals surface area contributed by atoms with E-state index in [0.717, 1.165) is 30.8 Å². The minimum Gasteiger partial charge on any atom is -0.396 e. The van der Waals surface area contributed by atoms with E-state index >= 15 is 0 Å². The largest absolute Gasteiger partial charge is 0.396 e. The lowest BCUT2D eigenvalue weighted by Crippen LogP contribution is -2.43. The summed E-state index contributed by atoms with van der Waals surface area (Å²) in [6.07, 6.45) is 4.89. The summed E-state index contributed by atoms with van der Waals surface area (Å²) in [5.74, 6) is 0.514. The third-order valence-electron chi connectivity index (χ3n) is 5.77. The van der Waals surface area contributed by atoms with E-state index in [4.69, 9.17) is 0 Å². The molecule has 2 aliphatic rings. The molecular weight excluding hydrogens is 298 g/mol. The number of fused-ring (bicyclic) bond motifs is 2. The Labute approximate surface area is 144 Å². The van der Waals surface area contributed by atoms with Crippen LogP contribution in [0.25, 0.3) is 5.69 Å². The molecule has 0 spiro atoms. The molecule has 128 valence electrons. The smallest absolute Gasteiger partial charge is 0.0651 e. The Morgan fingerprint density at radius 3 is 2.50 bits per heavy atom. The quantitative estimate of drug-likeness (QED) is 0.938. The summed E-state index contributed by atoms with van der Waals surface area (Å²) in [5.41, 5.74) is 4.74. The molecule has 1 unspecified atom stereocenters. The first-order valence-corrected chi connectivity index (χ1v) is 9.13. The summed E-state index contributed by atoms with van der Waals surface area (Å²) in [4.78, 5) is 2.67. The van der Waals surface area contributed by atoms with Crippen molar-refractivity contribution in [2.45, 2.75) is 58.2 Å². The van der Waals surface area contributed by atoms with Crippen molar-refractivity contribution in [3.8, 4) is 5.69 Å². The van der Waals surface area contributed by atoms with Crippen LogP contribution in [0.5, 0.6) is 0 Å². The average Bonchev–Trinajstić information content (AvgIpc) is 3.02. The minimum atomic E-state index is 0.355. The monoisotopic (exact) mass is 325 g/mol. The first-order chi connectivity index (χ1) is 11.6. The highest BCUT2D eigenvalue weighted by Gasteiger charge is 2.40. The molecule has 0 saturated carbocycles. The molecule has 0 radical (unpaired) electrons. The summed E-state index contributed by atoms with van der Waals surface area (Å²) in [5, 5.41) is 14.1. The van der Waals surface area contributed by atoms with Crippen molar-refractivity contribution in [3.05, 3.63) is 47.3 Å². The number of aliphatic hydroxyl groups excluding tert-OH is 1. The molecule has 0 aliphatic carbocycles. The van der Waals surface area contributed by atoms with E-state index in [9.17, 15) is 5.11 Å². The zero-order valence-electron chi connectivity index (χ0n) is 14.7. The van der Waals surface area contributed by atoms with E-state index in [1.165, 1.54) is 24.1 Å². The summed E-state index contributed by atoms with van der Waals surface area (Å²) in [6.45, 7) is 5.51. The molecule has 2 aromatic rings. The predicted molar refractivity (Wildman–Crippen MR) is 95.2 cm³/mol. The van der Waals surface area contributed by atoms with Gasteiger partial charge in [0.2, 0.25) is 0 Å². The standard InChI is InChI=1S/C20H27N3O/c1-14-8-15(2)23(21-14)20-5-3-4-16(9-20)12-22-18-6-7-19(22)11-17(10-18)13-24/h3-5,8-9,17-19,24H,6-7,10-13H2,1-2H3/t17?,18-,19+. The maximum Gasteiger partial charge on any atom is 0.0651 e. The Kier molecular flexibility index (Phi) is 4.19. The lowest BCUT2D eigenvalue weighted by Gasteiger charge is -2.38. The van der Waals surface area contributed by atoms with Crippen LogP contribution >= 0.6 is 0 Å². The van der Waals surface area contributed by atoms with Crippen LogP contribution in [-0.2, 0) is 6.54 Å². The van der Waals surface area contributed by atoms with Crippen LogP contribution in [0.1, 0.15) is 42.6 Å². The van der Waals surface area contributed by atoms with Crippen LogP contribution in [0.15, 0.2) is 30.3 Å². The number of benzene rings is 1. The highest BCUT2D eigenvalue weighted by atomic mass is 16.3. The Morgan fingerprint density at radius 2 is 1.88 bits per heavy atom. The topological polar surface area (TPSA) is 41.3 Å². The SMILES string of the molecule is Cc1cc(C)n(-c2cccc(CN3[C@@H]4CC[C@H]3CC(CO)C4)c2)n1. The van der Waals surface area contributed by atoms with Crippen LogP contribution < -0.4 is 0 Å². The lowest BCUT2D eigenvalue weighted by atomic mass is 9.91. The van der Waals surface area contributed by atoms with Gasteiger partial charge in [0.25, 0.3) is 0 Å². The molecule has 1 aromatic heterocycles. The second-order valence-corrected chi connectivity index (χ2v) is 7.59. The molecule has 1 aromatic carbocycles. The van der Waals surface area contributed by atoms with Crippen molar-refractivity contribution in [1.29, 1.82) is 0 Å². The number of hydrogen-bond donors (Lipinski definition) is 1. The maximum atomic E-state index is 9.49. The van der Waals surface area contributed by atoms with Gasteiger partial charge in [0.1, 0.15) is 0 Å². The second-order valence-electron chi connectivity index (χ2n) is 7.59. The van der Waals surface area contributed by atoms with Gasteiger partial charge in [-0.2, -0.15) is 5.10 Å². The number of rotatable bonds is 4. The molecule has 4 rings (SSSR count). The molecule has 2 saturated heterocycles. The van der Waals surface area contributed by atoms with Gasteiger partial charge >= 0.3 is 0 Å². The Morgan fingerprint density at radius 1 is 1.12 bits per heavy atom. The molecule has 2 bridgehead atoms. The molecule has 2 aliphatic heterocycles. The van der Waals surface area contributed by atoms with Crippen LogP contribution in [0, 0.1) is 19.8 Å². The molecule has 2 fully saturated rings. The van der Waals surface area contributed by atoms with Crippen molar-refractivity contribution in [2.75, 3.05) is 6.61 Å². The van der Waals surface area contributed by atoms with Crippen LogP contribution in [-0.4, -0.2) is 38.5 Å². The second kappa shape index (κ2) is 6.34. The van der Waals surface area contributed by atoms with E-state index in [-0.39, 0.29) is 0 Å². The molecule has 4 heteroatoms. The molecule has 3 heterocycles. The summed E-state index contributed by atoms with van der Waals surface area (Å²) in [7, 11) is 0. The van der Waals surface area contributed by atoms with Crippen molar-refractivity contribution in [3.63, 3.8) is 0 Å². The number of piperidine rings is 1. The van der Waals surface area contributed by atoms with E-state index in [1.54, 1.807) is 0 Å². The van der Waals surface area contributed by atoms with Gasteiger partial charge in [-0.1, -0.05) is 12.1 Å². The summed E-state index contributed by atoms with van der Waals surface area (Å²) >= 11 is 0. The van der Waals surface area contributed by atoms with Crippen molar-refractivity contribution >= 4 is 0 Å². The zero-order chi connectivity index (χ0) is 16.7. The van der Waals surface area contributed by atoms with Gasteiger partial charge < -0.3 is 5.11 Å². The van der Waals surface area contributed by atoms with Gasteiger partial charge in [-0.05, 0) is 69.2 Å². The van der Waals surface area contributed by atoms with Crippen molar-refractivity contribution < 1.29 is 5.11 Å². The predicted octanol–water partition coefficient (Wildman–Crippen LogP) is 3.22. The Balaban J connectivity index is 1.54. The van der Waals surface area contributed by atoms with Gasteiger partial charge in [-0.15, -0.1) is 0 Å². The number of hydrogen-bond acceptors (Lipinski definition) is 3. The highest BCUT2D eigenvalue weighted by molar-refractivity contribution is 5.37. The van der Waals surface area contributed by atoms with Gasteiger partial charge in [0.05, 0.1) is 11.4 Å². The fourth-order valence-electron chi connectivity index (χ4n) is 4.68. The molecule has 1 N–H and O–H groups in total. The summed E-state index contributed by atoms with van der Waals surface area (Å²) in [6, 6.07) is 12.2. The summed E-state index contributed by atoms with van der Waals surface area (Å²) < 4.78 is 2.03. The number of aliphatic hydroxyl groups is 1. The Bertz CT molecular complexity index is 709.